The molecule has 4 nitrogen and oxygen atoms in total. The van der Waals surface area contributed by atoms with E-state index < -0.39 is 0 Å². The van der Waals surface area contributed by atoms with Gasteiger partial charge in [-0.15, -0.1) is 0 Å². The molecule has 23 heavy (non-hydrogen) atoms. The minimum absolute atomic E-state index is 0.0264. The Morgan fingerprint density at radius 2 is 1.96 bits per heavy atom. The second-order valence-corrected chi connectivity index (χ2v) is 7.39. The van der Waals surface area contributed by atoms with Crippen molar-refractivity contribution in [1.82, 2.24) is 10.2 Å². The molecule has 5 heteroatoms. The molecule has 1 saturated heterocycles. The van der Waals surface area contributed by atoms with Crippen molar-refractivity contribution in [3.8, 4) is 0 Å². The van der Waals surface area contributed by atoms with Crippen LogP contribution in [0.15, 0.2) is 24.3 Å². The highest BCUT2D eigenvalue weighted by atomic mass is 35.5. The maximum Gasteiger partial charge on any atom is 0.223 e. The van der Waals surface area contributed by atoms with Crippen LogP contribution in [0, 0.1) is 5.92 Å². The van der Waals surface area contributed by atoms with Gasteiger partial charge in [-0.05, 0) is 57.0 Å². The number of nitrogens with one attached hydrogen (secondary N) is 1. The predicted octanol–water partition coefficient (Wildman–Crippen LogP) is 2.67. The molecule has 1 saturated carbocycles. The molecule has 1 aliphatic heterocycles. The van der Waals surface area contributed by atoms with Crippen LogP contribution in [-0.2, 0) is 9.53 Å². The van der Waals surface area contributed by atoms with E-state index in [1.54, 1.807) is 0 Å². The normalized spacial score (nSPS) is 26.1. The summed E-state index contributed by atoms with van der Waals surface area (Å²) in [4.78, 5) is 14.7. The van der Waals surface area contributed by atoms with Gasteiger partial charge in [0.05, 0.1) is 0 Å². The van der Waals surface area contributed by atoms with Crippen molar-refractivity contribution in [2.75, 3.05) is 33.9 Å². The third-order valence-electron chi connectivity index (χ3n) is 5.39. The topological polar surface area (TPSA) is 41.6 Å². The fourth-order valence-electron chi connectivity index (χ4n) is 3.48. The number of halogens is 1. The van der Waals surface area contributed by atoms with Gasteiger partial charge in [0, 0.05) is 36.2 Å². The minimum Gasteiger partial charge on any atom is -0.381 e. The number of amides is 1. The Hall–Kier alpha value is -1.10. The molecule has 2 fully saturated rings. The Kier molecular flexibility index (Phi) is 4.95. The number of carbonyl (C=O) groups is 1. The molecule has 0 spiro atoms. The molecule has 0 unspecified atom stereocenters. The number of hydrogen-bond donors (Lipinski definition) is 1. The molecule has 0 radical (unpaired) electrons. The summed E-state index contributed by atoms with van der Waals surface area (Å²) in [5.41, 5.74) is 1.24. The summed E-state index contributed by atoms with van der Waals surface area (Å²) in [6.45, 7) is 2.24. The van der Waals surface area contributed by atoms with Crippen molar-refractivity contribution in [2.24, 2.45) is 5.92 Å². The summed E-state index contributed by atoms with van der Waals surface area (Å²) in [5.74, 6) is 0.630. The zero-order valence-corrected chi connectivity index (χ0v) is 14.6. The van der Waals surface area contributed by atoms with Crippen molar-refractivity contribution < 1.29 is 9.53 Å². The largest absolute Gasteiger partial charge is 0.381 e. The molecular weight excluding hydrogens is 312 g/mol. The summed E-state index contributed by atoms with van der Waals surface area (Å²) in [7, 11) is 4.18. The fraction of sp³-hybridized carbons (Fsp3) is 0.611. The average molecular weight is 337 g/mol. The highest BCUT2D eigenvalue weighted by Gasteiger charge is 2.45. The highest BCUT2D eigenvalue weighted by Crippen LogP contribution is 2.47. The second-order valence-electron chi connectivity index (χ2n) is 6.95. The van der Waals surface area contributed by atoms with Crippen molar-refractivity contribution in [1.29, 1.82) is 0 Å². The van der Waals surface area contributed by atoms with Gasteiger partial charge in [-0.25, -0.2) is 0 Å². The first kappa shape index (κ1) is 16.7. The number of carbonyl (C=O) groups excluding carboxylic acids is 1. The lowest BCUT2D eigenvalue weighted by Crippen LogP contribution is -2.55. The van der Waals surface area contributed by atoms with Gasteiger partial charge in [0.25, 0.3) is 0 Å². The maximum absolute atomic E-state index is 12.5. The van der Waals surface area contributed by atoms with Crippen LogP contribution in [0.4, 0.5) is 0 Å². The number of ether oxygens (including phenoxy) is 1. The lowest BCUT2D eigenvalue weighted by Gasteiger charge is -2.42. The van der Waals surface area contributed by atoms with E-state index in [9.17, 15) is 4.79 Å². The van der Waals surface area contributed by atoms with Gasteiger partial charge in [0.15, 0.2) is 0 Å². The number of nitrogens with zero attached hydrogens (tertiary/aromatic N) is 1. The van der Waals surface area contributed by atoms with Crippen LogP contribution in [0.25, 0.3) is 0 Å². The van der Waals surface area contributed by atoms with Gasteiger partial charge in [0.1, 0.15) is 0 Å². The van der Waals surface area contributed by atoms with E-state index >= 15 is 0 Å². The molecule has 2 atom stereocenters. The van der Waals surface area contributed by atoms with Crippen LogP contribution in [-0.4, -0.2) is 50.2 Å². The summed E-state index contributed by atoms with van der Waals surface area (Å²) >= 11 is 5.92. The van der Waals surface area contributed by atoms with E-state index in [2.05, 4.69) is 24.3 Å². The zero-order chi connectivity index (χ0) is 16.4. The molecule has 3 rings (SSSR count). The van der Waals surface area contributed by atoms with Crippen LogP contribution in [0.1, 0.15) is 30.7 Å². The Balaban J connectivity index is 1.55. The molecule has 1 aromatic carbocycles. The van der Waals surface area contributed by atoms with E-state index in [0.29, 0.717) is 12.5 Å². The lowest BCUT2D eigenvalue weighted by atomic mass is 9.88. The minimum atomic E-state index is 0.0264. The van der Waals surface area contributed by atoms with Crippen molar-refractivity contribution in [3.63, 3.8) is 0 Å². The van der Waals surface area contributed by atoms with E-state index in [-0.39, 0.29) is 17.4 Å². The molecule has 0 aromatic heterocycles. The zero-order valence-electron chi connectivity index (χ0n) is 13.8. The molecule has 1 heterocycles. The quantitative estimate of drug-likeness (QED) is 0.898. The summed E-state index contributed by atoms with van der Waals surface area (Å²) in [5, 5.41) is 3.92. The van der Waals surface area contributed by atoms with Gasteiger partial charge < -0.3 is 15.0 Å². The van der Waals surface area contributed by atoms with Crippen LogP contribution >= 0.6 is 11.6 Å². The van der Waals surface area contributed by atoms with E-state index in [1.165, 1.54) is 5.56 Å². The van der Waals surface area contributed by atoms with Gasteiger partial charge >= 0.3 is 0 Å². The molecule has 126 valence electrons. The van der Waals surface area contributed by atoms with Crippen molar-refractivity contribution in [2.45, 2.75) is 30.7 Å². The third kappa shape index (κ3) is 3.70. The Morgan fingerprint density at radius 3 is 2.57 bits per heavy atom. The van der Waals surface area contributed by atoms with Gasteiger partial charge in [-0.1, -0.05) is 23.7 Å². The third-order valence-corrected chi connectivity index (χ3v) is 5.64. The first-order valence-corrected chi connectivity index (χ1v) is 8.68. The predicted molar refractivity (Wildman–Crippen MR) is 91.8 cm³/mol. The number of benzene rings is 1. The van der Waals surface area contributed by atoms with Crippen molar-refractivity contribution >= 4 is 17.5 Å². The molecule has 1 N–H and O–H groups in total. The molecule has 1 aliphatic carbocycles. The number of hydrogen-bond acceptors (Lipinski definition) is 3. The Bertz CT molecular complexity index is 553. The van der Waals surface area contributed by atoms with Crippen LogP contribution < -0.4 is 5.32 Å². The highest BCUT2D eigenvalue weighted by molar-refractivity contribution is 6.30. The maximum atomic E-state index is 12.5. The Morgan fingerprint density at radius 1 is 1.30 bits per heavy atom. The summed E-state index contributed by atoms with van der Waals surface area (Å²) < 4.78 is 5.48. The fourth-order valence-corrected chi connectivity index (χ4v) is 3.61. The van der Waals surface area contributed by atoms with Gasteiger partial charge in [-0.3, -0.25) is 4.79 Å². The van der Waals surface area contributed by atoms with Crippen molar-refractivity contribution in [3.05, 3.63) is 34.9 Å². The van der Waals surface area contributed by atoms with Crippen LogP contribution in [0.3, 0.4) is 0 Å². The molecule has 2 aliphatic rings. The Labute approximate surface area is 143 Å². The molecule has 1 aromatic rings. The second kappa shape index (κ2) is 6.80. The van der Waals surface area contributed by atoms with E-state index in [4.69, 9.17) is 16.3 Å². The number of rotatable bonds is 5. The lowest BCUT2D eigenvalue weighted by molar-refractivity contribution is -0.123. The summed E-state index contributed by atoms with van der Waals surface area (Å²) in [6.07, 6.45) is 2.86. The number of likely N-dealkylation sites (N-methyl/N-ethyl adjacent to an activating group) is 1. The summed E-state index contributed by atoms with van der Waals surface area (Å²) in [6, 6.07) is 7.85. The van der Waals surface area contributed by atoms with Gasteiger partial charge in [0.2, 0.25) is 5.91 Å². The first-order chi connectivity index (χ1) is 11.0. The van der Waals surface area contributed by atoms with Gasteiger partial charge in [-0.2, -0.15) is 0 Å². The first-order valence-electron chi connectivity index (χ1n) is 8.30. The SMILES string of the molecule is CN(C)C1(CNC(=O)[C@@H]2C[C@@H]2c2ccc(Cl)cc2)CCOCC1. The van der Waals surface area contributed by atoms with Crippen LogP contribution in [0.2, 0.25) is 5.02 Å². The molecule has 1 amide bonds. The smallest absolute Gasteiger partial charge is 0.223 e. The molecule has 0 bridgehead atoms. The molecular formula is C18H25ClN2O2. The van der Waals surface area contributed by atoms with Crippen LogP contribution in [0.5, 0.6) is 0 Å². The standard InChI is InChI=1S/C18H25ClN2O2/c1-21(2)18(7-9-23-10-8-18)12-20-17(22)16-11-15(16)13-3-5-14(19)6-4-13/h3-6,15-16H,7-12H2,1-2H3,(H,20,22)/t15-,16-/m1/s1. The average Bonchev–Trinajstić information content (AvgIpc) is 3.35. The van der Waals surface area contributed by atoms with E-state index in [1.807, 2.05) is 24.3 Å². The van der Waals surface area contributed by atoms with E-state index in [0.717, 1.165) is 37.5 Å². The monoisotopic (exact) mass is 336 g/mol.